The predicted molar refractivity (Wildman–Crippen MR) is 89.7 cm³/mol. The number of alkyl halides is 3. The molecular weight excluding hydrogens is 349 g/mol. The van der Waals surface area contributed by atoms with Gasteiger partial charge in [0.15, 0.2) is 5.78 Å². The third-order valence-corrected chi connectivity index (χ3v) is 3.87. The lowest BCUT2D eigenvalue weighted by atomic mass is 9.85. The molecule has 0 spiro atoms. The Morgan fingerprint density at radius 3 is 2.12 bits per heavy atom. The number of carboxylic acids is 1. The van der Waals surface area contributed by atoms with Crippen molar-refractivity contribution in [3.05, 3.63) is 59.7 Å². The number of allylic oxidation sites excluding steroid dienone is 4. The molecule has 3 rings (SSSR count). The van der Waals surface area contributed by atoms with Crippen molar-refractivity contribution < 1.29 is 32.6 Å². The van der Waals surface area contributed by atoms with Crippen LogP contribution in [0.5, 0.6) is 5.75 Å². The molecule has 7 heteroatoms. The molecule has 0 bridgehead atoms. The van der Waals surface area contributed by atoms with Gasteiger partial charge in [0, 0.05) is 5.56 Å². The minimum atomic E-state index is -5.18. The topological polar surface area (TPSA) is 63.6 Å². The number of benzene rings is 1. The maximum atomic E-state index is 13.3. The molecule has 138 valence electrons. The van der Waals surface area contributed by atoms with Gasteiger partial charge in [0.05, 0.1) is 5.57 Å². The summed E-state index contributed by atoms with van der Waals surface area (Å²) in [5.41, 5.74) is -4.45. The fraction of sp³-hybridized carbons (Fsp3) is 0.263. The normalized spacial score (nSPS) is 20.8. The molecule has 0 unspecified atom stereocenters. The highest BCUT2D eigenvalue weighted by molar-refractivity contribution is 6.06. The second-order valence-corrected chi connectivity index (χ2v) is 5.67. The van der Waals surface area contributed by atoms with Gasteiger partial charge >= 0.3 is 12.1 Å². The molecule has 0 amide bonds. The molecule has 0 saturated carbocycles. The van der Waals surface area contributed by atoms with Gasteiger partial charge in [-0.05, 0) is 31.9 Å². The molecule has 0 radical (unpaired) electrons. The molecule has 1 aliphatic heterocycles. The van der Waals surface area contributed by atoms with Crippen molar-refractivity contribution in [2.75, 3.05) is 0 Å². The van der Waals surface area contributed by atoms with Gasteiger partial charge in [-0.3, -0.25) is 4.79 Å². The quantitative estimate of drug-likeness (QED) is 0.846. The second-order valence-electron chi connectivity index (χ2n) is 5.67. The highest BCUT2D eigenvalue weighted by Gasteiger charge is 2.66. The number of carbonyl (C=O) groups is 2. The molecular formula is C19H17F3O4. The van der Waals surface area contributed by atoms with Crippen molar-refractivity contribution in [1.82, 2.24) is 0 Å². The van der Waals surface area contributed by atoms with Crippen LogP contribution in [0.3, 0.4) is 0 Å². The molecule has 2 aliphatic rings. The van der Waals surface area contributed by atoms with Gasteiger partial charge in [0.1, 0.15) is 5.75 Å². The molecule has 1 N–H and O–H groups in total. The predicted octanol–water partition coefficient (Wildman–Crippen LogP) is 4.33. The number of hydrogen-bond donors (Lipinski definition) is 1. The lowest BCUT2D eigenvalue weighted by Gasteiger charge is -2.37. The summed E-state index contributed by atoms with van der Waals surface area (Å²) in [6.45, 7) is 0.651. The first kappa shape index (κ1) is 19.5. The fourth-order valence-corrected chi connectivity index (χ4v) is 2.60. The third-order valence-electron chi connectivity index (χ3n) is 3.87. The van der Waals surface area contributed by atoms with E-state index in [-0.39, 0.29) is 11.3 Å². The Morgan fingerprint density at radius 1 is 1.12 bits per heavy atom. The fourth-order valence-electron chi connectivity index (χ4n) is 2.60. The summed E-state index contributed by atoms with van der Waals surface area (Å²) in [6.07, 6.45) is 6.63. The maximum absolute atomic E-state index is 13.3. The number of aliphatic carboxylic acids is 1. The monoisotopic (exact) mass is 366 g/mol. The van der Waals surface area contributed by atoms with E-state index in [4.69, 9.17) is 9.84 Å². The van der Waals surface area contributed by atoms with Crippen LogP contribution < -0.4 is 4.74 Å². The minimum Gasteiger partial charge on any atom is -0.478 e. The molecule has 1 heterocycles. The van der Waals surface area contributed by atoms with Crippen LogP contribution in [0, 0.1) is 0 Å². The van der Waals surface area contributed by atoms with Crippen LogP contribution in [0.2, 0.25) is 0 Å². The van der Waals surface area contributed by atoms with Crippen LogP contribution in [-0.2, 0) is 9.59 Å². The first-order chi connectivity index (χ1) is 12.2. The van der Waals surface area contributed by atoms with E-state index >= 15 is 0 Å². The number of carbonyl (C=O) groups excluding carboxylic acids is 1. The van der Waals surface area contributed by atoms with E-state index in [0.717, 1.165) is 6.08 Å². The summed E-state index contributed by atoms with van der Waals surface area (Å²) >= 11 is 0. The van der Waals surface area contributed by atoms with Crippen LogP contribution in [0.4, 0.5) is 13.2 Å². The van der Waals surface area contributed by atoms with Crippen molar-refractivity contribution in [3.63, 3.8) is 0 Å². The number of rotatable bonds is 2. The van der Waals surface area contributed by atoms with E-state index in [1.807, 2.05) is 0 Å². The highest BCUT2D eigenvalue weighted by atomic mass is 19.4. The van der Waals surface area contributed by atoms with Gasteiger partial charge in [0.2, 0.25) is 0 Å². The van der Waals surface area contributed by atoms with Crippen molar-refractivity contribution in [2.45, 2.75) is 31.5 Å². The highest BCUT2D eigenvalue weighted by Crippen LogP contribution is 2.45. The summed E-state index contributed by atoms with van der Waals surface area (Å²) in [5.74, 6) is -3.48. The van der Waals surface area contributed by atoms with E-state index < -0.39 is 29.1 Å². The third kappa shape index (κ3) is 3.71. The van der Waals surface area contributed by atoms with E-state index in [1.165, 1.54) is 37.1 Å². The van der Waals surface area contributed by atoms with Gasteiger partial charge in [-0.1, -0.05) is 42.5 Å². The molecule has 1 aromatic carbocycles. The number of Topliss-reactive ketones (excluding diaryl/α,β-unsaturated/α-hetero) is 1. The van der Waals surface area contributed by atoms with E-state index in [0.29, 0.717) is 6.92 Å². The Balaban J connectivity index is 0.000000342. The molecule has 26 heavy (non-hydrogen) atoms. The zero-order valence-electron chi connectivity index (χ0n) is 13.9. The number of fused-ring (bicyclic) bond motifs is 1. The van der Waals surface area contributed by atoms with Crippen LogP contribution in [0.15, 0.2) is 54.1 Å². The first-order valence-corrected chi connectivity index (χ1v) is 7.83. The van der Waals surface area contributed by atoms with Gasteiger partial charge in [-0.25, -0.2) is 4.79 Å². The lowest BCUT2D eigenvalue weighted by molar-refractivity contribution is -0.229. The van der Waals surface area contributed by atoms with Crippen molar-refractivity contribution in [3.8, 4) is 5.75 Å². The molecule has 1 aliphatic carbocycles. The van der Waals surface area contributed by atoms with Gasteiger partial charge in [0.25, 0.3) is 5.60 Å². The standard InChI is InChI=1S/C13H9F3O4.C6H8/c1-7(17)12(13(14,15)16)9(11(18)19)6-8-4-2-3-5-10(8)20-12;1-2-4-6-5-3-1/h2-6H,1H3,(H,18,19);1-4H,5-6H2/t12-;/m1./s1. The van der Waals surface area contributed by atoms with Crippen LogP contribution in [0.25, 0.3) is 6.08 Å². The van der Waals surface area contributed by atoms with Gasteiger partial charge in [-0.15, -0.1) is 0 Å². The average molecular weight is 366 g/mol. The zero-order valence-corrected chi connectivity index (χ0v) is 13.9. The molecule has 0 aromatic heterocycles. The van der Waals surface area contributed by atoms with Crippen molar-refractivity contribution in [1.29, 1.82) is 0 Å². The lowest BCUT2D eigenvalue weighted by Crippen LogP contribution is -2.59. The summed E-state index contributed by atoms with van der Waals surface area (Å²) in [5, 5.41) is 9.01. The van der Waals surface area contributed by atoms with Gasteiger partial charge in [-0.2, -0.15) is 13.2 Å². The molecule has 4 nitrogen and oxygen atoms in total. The summed E-state index contributed by atoms with van der Waals surface area (Å²) in [7, 11) is 0. The molecule has 0 fully saturated rings. The minimum absolute atomic E-state index is 0.172. The SMILES string of the molecule is C1=CCCC=C1.CC(=O)[C@@]1(C(F)(F)F)Oc2ccccc2C=C1C(=O)O. The Labute approximate surface area is 148 Å². The number of hydrogen-bond acceptors (Lipinski definition) is 3. The van der Waals surface area contributed by atoms with Crippen LogP contribution in [0.1, 0.15) is 25.3 Å². The summed E-state index contributed by atoms with van der Waals surface area (Å²) < 4.78 is 44.7. The number of carboxylic acid groups (broad SMARTS) is 1. The van der Waals surface area contributed by atoms with Crippen molar-refractivity contribution >= 4 is 17.8 Å². The maximum Gasteiger partial charge on any atom is 0.440 e. The van der Waals surface area contributed by atoms with E-state index in [2.05, 4.69) is 24.3 Å². The number of para-hydroxylation sites is 1. The van der Waals surface area contributed by atoms with Crippen LogP contribution >= 0.6 is 0 Å². The second kappa shape index (κ2) is 7.59. The van der Waals surface area contributed by atoms with Crippen LogP contribution in [-0.4, -0.2) is 28.6 Å². The number of ketones is 1. The number of halogens is 3. The largest absolute Gasteiger partial charge is 0.478 e. The van der Waals surface area contributed by atoms with Crippen molar-refractivity contribution in [2.24, 2.45) is 0 Å². The zero-order chi connectivity index (χ0) is 19.4. The Hall–Kier alpha value is -2.83. The molecule has 0 saturated heterocycles. The van der Waals surface area contributed by atoms with Gasteiger partial charge < -0.3 is 9.84 Å². The Kier molecular flexibility index (Phi) is 5.69. The summed E-state index contributed by atoms with van der Waals surface area (Å²) in [4.78, 5) is 22.7. The smallest absolute Gasteiger partial charge is 0.440 e. The first-order valence-electron chi connectivity index (χ1n) is 7.83. The van der Waals surface area contributed by atoms with E-state index in [1.54, 1.807) is 0 Å². The Bertz CT molecular complexity index is 778. The molecule has 1 atom stereocenters. The van der Waals surface area contributed by atoms with E-state index in [9.17, 15) is 22.8 Å². The number of ether oxygens (including phenoxy) is 1. The molecule has 1 aromatic rings. The summed E-state index contributed by atoms with van der Waals surface area (Å²) in [6, 6.07) is 5.60. The average Bonchev–Trinajstić information content (AvgIpc) is 2.61. The Morgan fingerprint density at radius 2 is 1.69 bits per heavy atom.